The number of fused-ring (bicyclic) bond motifs is 6. The van der Waals surface area contributed by atoms with Crippen molar-refractivity contribution in [1.82, 2.24) is 0 Å². The van der Waals surface area contributed by atoms with E-state index in [4.69, 9.17) is 0 Å². The summed E-state index contributed by atoms with van der Waals surface area (Å²) in [5.74, 6) is 0. The van der Waals surface area contributed by atoms with Crippen molar-refractivity contribution in [2.75, 3.05) is 0 Å². The Morgan fingerprint density at radius 3 is 1.82 bits per heavy atom. The smallest absolute Gasteiger partial charge is 0.0165 e. The van der Waals surface area contributed by atoms with E-state index < -0.39 is 0 Å². The van der Waals surface area contributed by atoms with Crippen LogP contribution < -0.4 is 0 Å². The molecule has 0 nitrogen and oxygen atoms in total. The lowest BCUT2D eigenvalue weighted by molar-refractivity contribution is 0.666. The van der Waals surface area contributed by atoms with Gasteiger partial charge in [-0.3, -0.25) is 0 Å². The van der Waals surface area contributed by atoms with E-state index in [2.05, 4.69) is 159 Å². The van der Waals surface area contributed by atoms with Crippen LogP contribution in [0.2, 0.25) is 0 Å². The van der Waals surface area contributed by atoms with Crippen molar-refractivity contribution in [1.29, 1.82) is 0 Å². The predicted octanol–water partition coefficient (Wildman–Crippen LogP) is 12.5. The summed E-state index contributed by atoms with van der Waals surface area (Å²) >= 11 is 0. The summed E-state index contributed by atoms with van der Waals surface area (Å²) < 4.78 is 0. The summed E-state index contributed by atoms with van der Waals surface area (Å²) in [5, 5.41) is 13.2. The first-order valence-electron chi connectivity index (χ1n) is 15.9. The van der Waals surface area contributed by atoms with Gasteiger partial charge in [0.2, 0.25) is 0 Å². The summed E-state index contributed by atoms with van der Waals surface area (Å²) in [5.41, 5.74) is 10.6. The highest BCUT2D eigenvalue weighted by molar-refractivity contribution is 6.25. The van der Waals surface area contributed by atoms with Crippen LogP contribution in [0.1, 0.15) is 25.0 Å². The molecule has 0 bridgehead atoms. The summed E-state index contributed by atoms with van der Waals surface area (Å²) in [7, 11) is 0. The highest BCUT2D eigenvalue weighted by Gasteiger charge is 2.39. The van der Waals surface area contributed by atoms with Crippen LogP contribution in [0.3, 0.4) is 0 Å². The minimum Gasteiger partial charge on any atom is -0.0616 e. The van der Waals surface area contributed by atoms with Gasteiger partial charge in [-0.05, 0) is 117 Å². The summed E-state index contributed by atoms with van der Waals surface area (Å²) in [6, 6.07) is 54.6. The van der Waals surface area contributed by atoms with Crippen molar-refractivity contribution in [3.8, 4) is 33.4 Å². The molecule has 0 heterocycles. The van der Waals surface area contributed by atoms with Crippen LogP contribution in [-0.4, -0.2) is 0 Å². The van der Waals surface area contributed by atoms with Gasteiger partial charge in [0, 0.05) is 5.41 Å². The van der Waals surface area contributed by atoms with Crippen LogP contribution in [0, 0.1) is 0 Å². The molecule has 0 saturated carbocycles. The maximum Gasteiger partial charge on any atom is 0.0165 e. The van der Waals surface area contributed by atoms with Crippen molar-refractivity contribution in [3.05, 3.63) is 157 Å². The second-order valence-corrected chi connectivity index (χ2v) is 13.3. The summed E-state index contributed by atoms with van der Waals surface area (Å²) in [4.78, 5) is 0. The molecule has 0 aromatic heterocycles. The lowest BCUT2D eigenvalue weighted by atomic mass is 9.78. The van der Waals surface area contributed by atoms with Crippen molar-refractivity contribution in [2.24, 2.45) is 0 Å². The molecule has 9 aromatic rings. The van der Waals surface area contributed by atoms with E-state index in [1.807, 2.05) is 0 Å². The van der Waals surface area contributed by atoms with Gasteiger partial charge in [0.25, 0.3) is 0 Å². The third-order valence-corrected chi connectivity index (χ3v) is 10.5. The second-order valence-electron chi connectivity index (χ2n) is 13.3. The Bertz CT molecular complexity index is 2650. The fourth-order valence-corrected chi connectivity index (χ4v) is 8.43. The Balaban J connectivity index is 1.24. The van der Waals surface area contributed by atoms with Gasteiger partial charge in [-0.1, -0.05) is 141 Å². The van der Waals surface area contributed by atoms with Crippen molar-refractivity contribution in [2.45, 2.75) is 19.3 Å². The molecule has 1 aliphatic carbocycles. The van der Waals surface area contributed by atoms with Gasteiger partial charge in [-0.25, -0.2) is 0 Å². The van der Waals surface area contributed by atoms with E-state index in [0.717, 1.165) is 0 Å². The maximum atomic E-state index is 2.49. The Labute approximate surface area is 262 Å². The molecule has 210 valence electrons. The molecular weight excluding hydrogens is 540 g/mol. The molecule has 0 unspecified atom stereocenters. The molecule has 0 N–H and O–H groups in total. The first kappa shape index (κ1) is 24.9. The van der Waals surface area contributed by atoms with Gasteiger partial charge in [0.15, 0.2) is 0 Å². The van der Waals surface area contributed by atoms with Crippen LogP contribution in [0.5, 0.6) is 0 Å². The Kier molecular flexibility index (Phi) is 4.88. The van der Waals surface area contributed by atoms with Crippen LogP contribution in [0.25, 0.3) is 87.2 Å². The molecule has 45 heavy (non-hydrogen) atoms. The van der Waals surface area contributed by atoms with Gasteiger partial charge in [0.05, 0.1) is 0 Å². The number of rotatable bonds is 2. The predicted molar refractivity (Wildman–Crippen MR) is 194 cm³/mol. The second kappa shape index (κ2) is 8.80. The normalized spacial score (nSPS) is 13.7. The molecule has 0 heteroatoms. The standard InChI is InChI=1S/C45H30/c1-45(2)40-26-34(35-21-18-30-16-15-28-11-7-12-29-19-22-37(35)42(30)41(28)29)20-23-38(40)43-39(25-32-10-5-6-13-36(32)44(43)45)33-17-14-27-8-3-4-9-31(27)24-33/h3-26H,1-2H3. The summed E-state index contributed by atoms with van der Waals surface area (Å²) in [6.07, 6.45) is 0. The third-order valence-electron chi connectivity index (χ3n) is 10.5. The molecule has 1 aliphatic rings. The number of hydrogen-bond acceptors (Lipinski definition) is 0. The van der Waals surface area contributed by atoms with Crippen LogP contribution in [-0.2, 0) is 5.41 Å². The van der Waals surface area contributed by atoms with E-state index in [1.54, 1.807) is 0 Å². The fourth-order valence-electron chi connectivity index (χ4n) is 8.43. The van der Waals surface area contributed by atoms with E-state index in [9.17, 15) is 0 Å². The lowest BCUT2D eigenvalue weighted by Crippen LogP contribution is -2.15. The van der Waals surface area contributed by atoms with Gasteiger partial charge in [0.1, 0.15) is 0 Å². The zero-order valence-electron chi connectivity index (χ0n) is 25.4. The average Bonchev–Trinajstić information content (AvgIpc) is 3.33. The zero-order valence-corrected chi connectivity index (χ0v) is 25.4. The minimum absolute atomic E-state index is 0.156. The number of hydrogen-bond donors (Lipinski definition) is 0. The van der Waals surface area contributed by atoms with Crippen LogP contribution >= 0.6 is 0 Å². The topological polar surface area (TPSA) is 0 Å². The van der Waals surface area contributed by atoms with E-state index in [0.29, 0.717) is 0 Å². The van der Waals surface area contributed by atoms with E-state index in [1.165, 1.54) is 98.4 Å². The summed E-state index contributed by atoms with van der Waals surface area (Å²) in [6.45, 7) is 4.84. The quantitative estimate of drug-likeness (QED) is 0.181. The highest BCUT2D eigenvalue weighted by atomic mass is 14.4. The van der Waals surface area contributed by atoms with Gasteiger partial charge in [-0.15, -0.1) is 0 Å². The zero-order chi connectivity index (χ0) is 29.9. The lowest BCUT2D eigenvalue weighted by Gasteiger charge is -2.24. The van der Waals surface area contributed by atoms with Gasteiger partial charge < -0.3 is 0 Å². The molecule has 0 aliphatic heterocycles. The monoisotopic (exact) mass is 570 g/mol. The fraction of sp³-hybridized carbons (Fsp3) is 0.0667. The maximum absolute atomic E-state index is 2.49. The Morgan fingerprint density at radius 2 is 0.978 bits per heavy atom. The highest BCUT2D eigenvalue weighted by Crippen LogP contribution is 2.56. The molecule has 9 aromatic carbocycles. The third kappa shape index (κ3) is 3.37. The molecule has 0 fully saturated rings. The average molecular weight is 571 g/mol. The van der Waals surface area contributed by atoms with Gasteiger partial charge >= 0.3 is 0 Å². The SMILES string of the molecule is CC1(C)c2cc(-c3ccc4ccc5cccc6ccc3c4c56)ccc2-c2c(-c3ccc4ccccc4c3)cc3ccccc3c21. The molecule has 0 saturated heterocycles. The van der Waals surface area contributed by atoms with Gasteiger partial charge in [-0.2, -0.15) is 0 Å². The van der Waals surface area contributed by atoms with Crippen LogP contribution in [0.4, 0.5) is 0 Å². The number of benzene rings is 9. The Hall–Kier alpha value is -5.46. The molecule has 0 radical (unpaired) electrons. The first-order chi connectivity index (χ1) is 22.1. The largest absolute Gasteiger partial charge is 0.0616 e. The first-order valence-corrected chi connectivity index (χ1v) is 15.9. The van der Waals surface area contributed by atoms with Crippen LogP contribution in [0.15, 0.2) is 146 Å². The van der Waals surface area contributed by atoms with Crippen molar-refractivity contribution >= 4 is 53.9 Å². The molecule has 0 spiro atoms. The van der Waals surface area contributed by atoms with Crippen molar-refractivity contribution < 1.29 is 0 Å². The van der Waals surface area contributed by atoms with E-state index >= 15 is 0 Å². The molecule has 0 atom stereocenters. The molecule has 0 amide bonds. The van der Waals surface area contributed by atoms with E-state index in [-0.39, 0.29) is 5.41 Å². The molecular formula is C45H30. The Morgan fingerprint density at radius 1 is 0.378 bits per heavy atom. The van der Waals surface area contributed by atoms with Crippen molar-refractivity contribution in [3.63, 3.8) is 0 Å². The minimum atomic E-state index is -0.156. The molecule has 10 rings (SSSR count).